The van der Waals surface area contributed by atoms with E-state index in [0.717, 1.165) is 44.9 Å². The third kappa shape index (κ3) is 10.9. The Morgan fingerprint density at radius 3 is 1.82 bits per heavy atom. The molecule has 0 aromatic rings. The van der Waals surface area contributed by atoms with Crippen LogP contribution >= 0.6 is 0 Å². The van der Waals surface area contributed by atoms with Crippen molar-refractivity contribution in [3.05, 3.63) is 11.6 Å². The number of carboxylic acids is 1. The minimum Gasteiger partial charge on any atom is -0.481 e. The smallest absolute Gasteiger partial charge is 0.310 e. The normalized spacial score (nSPS) is 54.7. The number of aliphatic hydroxyl groups excluding tert-OH is 13. The number of ether oxygens (including phenoxy) is 10. The lowest BCUT2D eigenvalue weighted by molar-refractivity contribution is -0.391. The minimum atomic E-state index is -2.07. The molecule has 5 saturated heterocycles. The van der Waals surface area contributed by atoms with Gasteiger partial charge in [-0.25, -0.2) is 0 Å². The average Bonchev–Trinajstić information content (AvgIpc) is 0.729. The Kier molecular flexibility index (Phi) is 18.5. The molecule has 25 heteroatoms. The second kappa shape index (κ2) is 23.8. The summed E-state index contributed by atoms with van der Waals surface area (Å²) in [7, 11) is 0. The highest BCUT2D eigenvalue weighted by Gasteiger charge is 2.70. The van der Waals surface area contributed by atoms with Crippen LogP contribution in [0.2, 0.25) is 0 Å². The predicted molar refractivity (Wildman–Crippen MR) is 287 cm³/mol. The average molecular weight is 1210 g/mol. The highest BCUT2D eigenvalue weighted by molar-refractivity contribution is 5.76. The summed E-state index contributed by atoms with van der Waals surface area (Å²) in [5.74, 6) is -0.166. The molecule has 0 amide bonds. The number of hydrogen-bond acceptors (Lipinski definition) is 24. The number of aliphatic hydroxyl groups is 13. The molecule has 5 aliphatic heterocycles. The first kappa shape index (κ1) is 65.2. The van der Waals surface area contributed by atoms with Gasteiger partial charge in [0.1, 0.15) is 104 Å². The molecule has 0 bridgehead atoms. The molecule has 5 aliphatic carbocycles. The van der Waals surface area contributed by atoms with E-state index in [4.69, 9.17) is 47.4 Å². The van der Waals surface area contributed by atoms with Crippen molar-refractivity contribution in [3.63, 3.8) is 0 Å². The van der Waals surface area contributed by atoms with Gasteiger partial charge in [-0.1, -0.05) is 60.1 Å². The Morgan fingerprint density at radius 2 is 1.14 bits per heavy atom. The minimum absolute atomic E-state index is 0.00326. The number of rotatable bonds is 13. The molecule has 0 spiro atoms. The van der Waals surface area contributed by atoms with Gasteiger partial charge in [0.05, 0.1) is 43.5 Å². The number of carboxylic acid groups (broad SMARTS) is 1. The molecule has 0 aromatic carbocycles. The van der Waals surface area contributed by atoms with Crippen molar-refractivity contribution in [2.45, 2.75) is 280 Å². The summed E-state index contributed by atoms with van der Waals surface area (Å²) >= 11 is 0. The van der Waals surface area contributed by atoms with Gasteiger partial charge in [0.2, 0.25) is 0 Å². The number of aliphatic carboxylic acids is 1. The van der Waals surface area contributed by atoms with E-state index in [-0.39, 0.29) is 40.1 Å². The SMILES string of the molecule is C[C@H]1O[C@H](OC[C@@H]2O[C@H](O[C@@H]3[C@@H](O)[C@H](O)[C@@H](O[C@@H]4[C@H](O)[C@@H](O[C@@H]5[C@@H](O[C@@H]6CC[C@]7(C)C(CC[C@@]8(C)C7CC=C7C9CC(C)(C)CC[C@@]9(C(=O)O)CC[C@@]78C)C6(C)C)OC[C@@H](O)[C@@H]5O)O[C@H](C)[C@H]4O)O[C@H]3CO)[C@@H](O)[C@H](O)[C@H]2O)[C@@H](O)[C@@H](O)[C@@H]1O. The molecule has 4 saturated carbocycles. The largest absolute Gasteiger partial charge is 0.481 e. The molecule has 10 rings (SSSR count). The number of hydrogen-bond donors (Lipinski definition) is 14. The second-order valence-corrected chi connectivity index (χ2v) is 28.7. The maximum atomic E-state index is 13.2. The fourth-order valence-electron chi connectivity index (χ4n) is 17.6. The van der Waals surface area contributed by atoms with Gasteiger partial charge in [0, 0.05) is 0 Å². The van der Waals surface area contributed by atoms with Gasteiger partial charge in [-0.05, 0) is 123 Å². The first-order valence-electron chi connectivity index (χ1n) is 30.5. The zero-order valence-electron chi connectivity index (χ0n) is 49.7. The molecule has 0 radical (unpaired) electrons. The van der Waals surface area contributed by atoms with Crippen molar-refractivity contribution in [1.82, 2.24) is 0 Å². The van der Waals surface area contributed by atoms with Crippen LogP contribution in [0.3, 0.4) is 0 Å². The van der Waals surface area contributed by atoms with Gasteiger partial charge < -0.3 is 119 Å². The highest BCUT2D eigenvalue weighted by atomic mass is 16.8. The Hall–Kier alpha value is -1.71. The predicted octanol–water partition coefficient (Wildman–Crippen LogP) is -0.951. The van der Waals surface area contributed by atoms with Crippen LogP contribution in [0.4, 0.5) is 0 Å². The molecule has 482 valence electrons. The lowest BCUT2D eigenvalue weighted by atomic mass is 9.33. The lowest BCUT2D eigenvalue weighted by Gasteiger charge is -2.71. The van der Waals surface area contributed by atoms with E-state index in [1.54, 1.807) is 0 Å². The maximum absolute atomic E-state index is 13.2. The molecule has 9 fully saturated rings. The van der Waals surface area contributed by atoms with Gasteiger partial charge in [-0.15, -0.1) is 0 Å². The Balaban J connectivity index is 0.796. The Morgan fingerprint density at radius 1 is 0.560 bits per heavy atom. The summed E-state index contributed by atoms with van der Waals surface area (Å²) in [5, 5.41) is 153. The van der Waals surface area contributed by atoms with Crippen LogP contribution in [0.15, 0.2) is 11.6 Å². The maximum Gasteiger partial charge on any atom is 0.310 e. The summed E-state index contributed by atoms with van der Waals surface area (Å²) in [6.07, 6.45) is -29.6. The standard InChI is InChI=1S/C59H96O25/c1-24-34(62)38(66)41(69)48(77-24)76-23-30-37(65)39(67)42(70)49(80-30)82-45-29(21-60)79-50(43(71)40(45)68)83-46-35(63)25(2)78-51(44(46)72)84-47-36(64)28(61)22-75-52(47)81-33-13-14-56(7)31(55(33,5)6)12-15-58(9)32(56)11-10-26-27-20-54(3,4)16-18-59(27,53(73)74)19-17-57(26,58)8/h10,24-25,27-52,60-72H,11-23H2,1-9H3,(H,73,74)/t24-,25-,27?,28-,29+,30+,31?,32?,33-,34-,35-,36+,37+,38+,39-,40+,41+,42+,43+,44+,45+,46+,47+,48+,49-,50-,51-,52-,56-,57+,58+,59-/m1/s1. The van der Waals surface area contributed by atoms with Gasteiger partial charge >= 0.3 is 5.97 Å². The topological polar surface area (TPSA) is 393 Å². The van der Waals surface area contributed by atoms with Crippen LogP contribution in [0.25, 0.3) is 0 Å². The van der Waals surface area contributed by atoms with Gasteiger partial charge in [-0.3, -0.25) is 4.79 Å². The Bertz CT molecular complexity index is 2340. The van der Waals surface area contributed by atoms with Gasteiger partial charge in [0.15, 0.2) is 31.5 Å². The van der Waals surface area contributed by atoms with Crippen molar-refractivity contribution in [2.75, 3.05) is 19.8 Å². The van der Waals surface area contributed by atoms with Crippen LogP contribution in [-0.4, -0.2) is 251 Å². The van der Waals surface area contributed by atoms with Gasteiger partial charge in [0.25, 0.3) is 0 Å². The molecule has 25 nitrogen and oxygen atoms in total. The molecule has 3 unspecified atom stereocenters. The Labute approximate surface area is 490 Å². The monoisotopic (exact) mass is 1200 g/mol. The van der Waals surface area contributed by atoms with Crippen LogP contribution in [0.5, 0.6) is 0 Å². The third-order valence-electron chi connectivity index (χ3n) is 23.1. The first-order valence-corrected chi connectivity index (χ1v) is 30.5. The van der Waals surface area contributed by atoms with E-state index in [1.165, 1.54) is 19.4 Å². The molecule has 32 atom stereocenters. The first-order chi connectivity index (χ1) is 39.3. The number of fused-ring (bicyclic) bond motifs is 7. The summed E-state index contributed by atoms with van der Waals surface area (Å²) < 4.78 is 59.6. The van der Waals surface area contributed by atoms with Crippen molar-refractivity contribution < 1.29 is 124 Å². The highest BCUT2D eigenvalue weighted by Crippen LogP contribution is 2.76. The second-order valence-electron chi connectivity index (χ2n) is 28.7. The van der Waals surface area contributed by atoms with Crippen LogP contribution in [-0.2, 0) is 52.2 Å². The third-order valence-corrected chi connectivity index (χ3v) is 23.1. The zero-order chi connectivity index (χ0) is 61.3. The summed E-state index contributed by atoms with van der Waals surface area (Å²) in [5.41, 5.74) is -0.144. The molecule has 14 N–H and O–H groups in total. The van der Waals surface area contributed by atoms with Crippen LogP contribution in [0.1, 0.15) is 127 Å². The molecule has 5 heterocycles. The van der Waals surface area contributed by atoms with Crippen molar-refractivity contribution >= 4 is 5.97 Å². The quantitative estimate of drug-likeness (QED) is 0.0781. The zero-order valence-corrected chi connectivity index (χ0v) is 49.7. The molecule has 84 heavy (non-hydrogen) atoms. The van der Waals surface area contributed by atoms with Crippen molar-refractivity contribution in [2.24, 2.45) is 50.2 Å². The summed E-state index contributed by atoms with van der Waals surface area (Å²) in [6, 6.07) is 0. The van der Waals surface area contributed by atoms with Crippen LogP contribution in [0, 0.1) is 50.2 Å². The van der Waals surface area contributed by atoms with E-state index >= 15 is 0 Å². The molecular weight excluding hydrogens is 1110 g/mol. The van der Waals surface area contributed by atoms with Crippen molar-refractivity contribution in [1.29, 1.82) is 0 Å². The van der Waals surface area contributed by atoms with Gasteiger partial charge in [-0.2, -0.15) is 0 Å². The molecule has 0 aromatic heterocycles. The summed E-state index contributed by atoms with van der Waals surface area (Å²) in [6.45, 7) is 17.3. The number of allylic oxidation sites excluding steroid dienone is 2. The number of carbonyl (C=O) groups is 1. The van der Waals surface area contributed by atoms with E-state index in [9.17, 15) is 76.3 Å². The van der Waals surface area contributed by atoms with Crippen molar-refractivity contribution in [3.8, 4) is 0 Å². The van der Waals surface area contributed by atoms with E-state index < -0.39 is 184 Å². The fraction of sp³-hybridized carbons (Fsp3) is 0.949. The van der Waals surface area contributed by atoms with Crippen LogP contribution < -0.4 is 0 Å². The van der Waals surface area contributed by atoms with E-state index in [1.807, 2.05) is 0 Å². The van der Waals surface area contributed by atoms with E-state index in [2.05, 4.69) is 54.5 Å². The fourth-order valence-corrected chi connectivity index (χ4v) is 17.6. The summed E-state index contributed by atoms with van der Waals surface area (Å²) in [4.78, 5) is 13.2. The lowest BCUT2D eigenvalue weighted by Crippen LogP contribution is -2.67. The van der Waals surface area contributed by atoms with E-state index in [0.29, 0.717) is 25.2 Å². The molecule has 10 aliphatic rings. The molecular formula is C59H96O25.